The largest absolute Gasteiger partial charge is 0.490 e. The minimum Gasteiger partial charge on any atom is -0.490 e. The summed E-state index contributed by atoms with van der Waals surface area (Å²) >= 11 is 0. The number of amides is 3. The third kappa shape index (κ3) is 3.75. The number of ether oxygens (including phenoxy) is 2. The van der Waals surface area contributed by atoms with E-state index in [0.717, 1.165) is 45.5 Å². The van der Waals surface area contributed by atoms with Crippen LogP contribution >= 0.6 is 0 Å². The number of benzene rings is 3. The minimum atomic E-state index is -1.42. The number of nitrogens with zero attached hydrogens (tertiary/aromatic N) is 2. The lowest BCUT2D eigenvalue weighted by molar-refractivity contribution is -0.125. The number of urea groups is 1. The van der Waals surface area contributed by atoms with Crippen molar-refractivity contribution in [2.45, 2.75) is 38.6 Å². The molecule has 40 heavy (non-hydrogen) atoms. The highest BCUT2D eigenvalue weighted by Crippen LogP contribution is 2.51. The molecule has 2 atom stereocenters. The van der Waals surface area contributed by atoms with Crippen LogP contribution in [0.5, 0.6) is 11.5 Å². The number of H-pyrrole nitrogens is 1. The van der Waals surface area contributed by atoms with Gasteiger partial charge in [0.2, 0.25) is 0 Å². The van der Waals surface area contributed by atoms with Crippen molar-refractivity contribution in [2.75, 3.05) is 24.7 Å². The van der Waals surface area contributed by atoms with Gasteiger partial charge in [-0.2, -0.15) is 0 Å². The smallest absolute Gasteiger partial charge is 0.332 e. The van der Waals surface area contributed by atoms with Crippen LogP contribution in [0.25, 0.3) is 10.9 Å². The Bertz CT molecular complexity index is 1650. The monoisotopic (exact) mass is 545 g/mol. The Balaban J connectivity index is 1.52. The Morgan fingerprint density at radius 2 is 1.80 bits per heavy atom. The molecule has 0 saturated carbocycles. The molecule has 2 aliphatic rings. The van der Waals surface area contributed by atoms with E-state index in [1.54, 1.807) is 6.92 Å². The lowest BCUT2D eigenvalue weighted by Gasteiger charge is -2.40. The number of hydrogen-bond acceptors (Lipinski definition) is 4. The van der Waals surface area contributed by atoms with Gasteiger partial charge in [-0.05, 0) is 61.7 Å². The lowest BCUT2D eigenvalue weighted by Crippen LogP contribution is -2.50. The second kappa shape index (κ2) is 9.66. The number of imide groups is 1. The van der Waals surface area contributed by atoms with E-state index >= 15 is 0 Å². The quantitative estimate of drug-likeness (QED) is 0.271. The number of aromatic nitrogens is 1. The summed E-state index contributed by atoms with van der Waals surface area (Å²) in [6.45, 7) is 6.76. The number of anilines is 1. The maximum Gasteiger partial charge on any atom is 0.332 e. The van der Waals surface area contributed by atoms with E-state index in [1.807, 2.05) is 56.3 Å². The van der Waals surface area contributed by atoms with Crippen LogP contribution in [0.2, 0.25) is 0 Å². The molecular formula is C31H29F2N3O4. The van der Waals surface area contributed by atoms with Crippen molar-refractivity contribution in [1.29, 1.82) is 0 Å². The third-order valence-electron chi connectivity index (χ3n) is 7.81. The van der Waals surface area contributed by atoms with Crippen LogP contribution in [0, 0.1) is 11.6 Å². The third-order valence-corrected chi connectivity index (χ3v) is 7.81. The average molecular weight is 546 g/mol. The molecule has 6 rings (SSSR count). The second-order valence-electron chi connectivity index (χ2n) is 10.2. The molecule has 4 aromatic rings. The zero-order chi connectivity index (χ0) is 28.2. The summed E-state index contributed by atoms with van der Waals surface area (Å²) in [5, 5.41) is 0.930. The van der Waals surface area contributed by atoms with Crippen LogP contribution in [-0.4, -0.2) is 41.6 Å². The SMILES string of the molecule is CCCOc1ccc(C2CN3C(=O)N(c4ccc(F)cc4F)C(=O)[C@]3(C)c3[nH]c4ccccc4c32)cc1OCC. The first-order chi connectivity index (χ1) is 19.3. The molecule has 3 heterocycles. The van der Waals surface area contributed by atoms with Crippen LogP contribution in [-0.2, 0) is 10.3 Å². The molecule has 1 fully saturated rings. The van der Waals surface area contributed by atoms with Crippen LogP contribution in [0.3, 0.4) is 0 Å². The summed E-state index contributed by atoms with van der Waals surface area (Å²) < 4.78 is 40.3. The summed E-state index contributed by atoms with van der Waals surface area (Å²) in [6.07, 6.45) is 0.851. The average Bonchev–Trinajstić information content (AvgIpc) is 3.42. The van der Waals surface area contributed by atoms with Gasteiger partial charge in [-0.3, -0.25) is 4.79 Å². The van der Waals surface area contributed by atoms with E-state index < -0.39 is 29.1 Å². The molecule has 1 aromatic heterocycles. The van der Waals surface area contributed by atoms with E-state index in [-0.39, 0.29) is 18.2 Å². The zero-order valence-electron chi connectivity index (χ0n) is 22.5. The first-order valence-electron chi connectivity index (χ1n) is 13.4. The molecule has 0 aliphatic carbocycles. The Hall–Kier alpha value is -4.40. The molecule has 206 valence electrons. The highest BCUT2D eigenvalue weighted by molar-refractivity contribution is 6.23. The number of carbonyl (C=O) groups excluding carboxylic acids is 2. The van der Waals surface area contributed by atoms with E-state index in [2.05, 4.69) is 4.98 Å². The van der Waals surface area contributed by atoms with Gasteiger partial charge in [-0.25, -0.2) is 18.5 Å². The number of halogens is 2. The van der Waals surface area contributed by atoms with E-state index in [4.69, 9.17) is 9.47 Å². The highest BCUT2D eigenvalue weighted by Gasteiger charge is 2.61. The highest BCUT2D eigenvalue weighted by atomic mass is 19.1. The number of para-hydroxylation sites is 1. The van der Waals surface area contributed by atoms with Crippen molar-refractivity contribution in [3.8, 4) is 11.5 Å². The Kier molecular flexibility index (Phi) is 6.24. The molecule has 7 nitrogen and oxygen atoms in total. The van der Waals surface area contributed by atoms with Gasteiger partial charge in [0.25, 0.3) is 5.91 Å². The summed E-state index contributed by atoms with van der Waals surface area (Å²) in [7, 11) is 0. The van der Waals surface area contributed by atoms with Crippen LogP contribution in [0.4, 0.5) is 19.3 Å². The van der Waals surface area contributed by atoms with Crippen molar-refractivity contribution in [3.05, 3.63) is 89.1 Å². The van der Waals surface area contributed by atoms with Gasteiger partial charge in [0.15, 0.2) is 17.0 Å². The molecule has 9 heteroatoms. The van der Waals surface area contributed by atoms with Gasteiger partial charge in [-0.15, -0.1) is 0 Å². The molecule has 0 spiro atoms. The van der Waals surface area contributed by atoms with Crippen molar-refractivity contribution < 1.29 is 27.8 Å². The van der Waals surface area contributed by atoms with Crippen molar-refractivity contribution in [3.63, 3.8) is 0 Å². The number of aromatic amines is 1. The number of nitrogens with one attached hydrogen (secondary N) is 1. The predicted octanol–water partition coefficient (Wildman–Crippen LogP) is 6.46. The molecule has 3 aromatic carbocycles. The van der Waals surface area contributed by atoms with Gasteiger partial charge in [0.1, 0.15) is 11.6 Å². The number of rotatable bonds is 7. The van der Waals surface area contributed by atoms with Gasteiger partial charge in [-0.1, -0.05) is 31.2 Å². The summed E-state index contributed by atoms with van der Waals surface area (Å²) in [4.78, 5) is 33.6. The molecule has 1 unspecified atom stereocenters. The molecule has 0 bridgehead atoms. The molecular weight excluding hydrogens is 516 g/mol. The number of hydrogen-bond donors (Lipinski definition) is 1. The van der Waals surface area contributed by atoms with E-state index in [0.29, 0.717) is 36.5 Å². The van der Waals surface area contributed by atoms with Crippen LogP contribution in [0.1, 0.15) is 49.9 Å². The molecule has 1 saturated heterocycles. The van der Waals surface area contributed by atoms with Gasteiger partial charge >= 0.3 is 6.03 Å². The fraction of sp³-hybridized carbons (Fsp3) is 0.290. The normalized spacial score (nSPS) is 20.2. The maximum atomic E-state index is 14.9. The molecule has 0 radical (unpaired) electrons. The Morgan fingerprint density at radius 1 is 1.00 bits per heavy atom. The van der Waals surface area contributed by atoms with Crippen molar-refractivity contribution in [1.82, 2.24) is 9.88 Å². The van der Waals surface area contributed by atoms with Crippen molar-refractivity contribution in [2.24, 2.45) is 0 Å². The summed E-state index contributed by atoms with van der Waals surface area (Å²) in [5.74, 6) is -1.47. The summed E-state index contributed by atoms with van der Waals surface area (Å²) in [6, 6.07) is 15.6. The second-order valence-corrected chi connectivity index (χ2v) is 10.2. The molecule has 3 amide bonds. The molecule has 1 N–H and O–H groups in total. The van der Waals surface area contributed by atoms with E-state index in [1.165, 1.54) is 4.90 Å². The maximum absolute atomic E-state index is 14.9. The predicted molar refractivity (Wildman–Crippen MR) is 147 cm³/mol. The van der Waals surface area contributed by atoms with Crippen molar-refractivity contribution >= 4 is 28.5 Å². The first kappa shape index (κ1) is 25.9. The Morgan fingerprint density at radius 3 is 2.55 bits per heavy atom. The number of fused-ring (bicyclic) bond motifs is 5. The number of carbonyl (C=O) groups is 2. The van der Waals surface area contributed by atoms with Gasteiger partial charge < -0.3 is 19.4 Å². The van der Waals surface area contributed by atoms with Gasteiger partial charge in [0.05, 0.1) is 24.6 Å². The summed E-state index contributed by atoms with van der Waals surface area (Å²) in [5.41, 5.74) is 1.46. The van der Waals surface area contributed by atoms with E-state index in [9.17, 15) is 18.4 Å². The Labute approximate surface area is 230 Å². The minimum absolute atomic E-state index is 0.163. The van der Waals surface area contributed by atoms with Crippen LogP contribution in [0.15, 0.2) is 60.7 Å². The first-order valence-corrected chi connectivity index (χ1v) is 13.4. The fourth-order valence-electron chi connectivity index (χ4n) is 5.91. The molecule has 2 aliphatic heterocycles. The fourth-order valence-corrected chi connectivity index (χ4v) is 5.91. The standard InChI is InChI=1S/C31H29F2N3O4/c1-4-14-40-25-13-10-18(15-26(25)39-5-2)21-17-35-30(38)36(24-12-11-19(32)16-22(24)33)29(37)31(35,3)28-27(21)20-8-6-7-9-23(20)34-28/h6-13,15-16,21,34H,4-5,14,17H2,1-3H3/t21?,31-/m0/s1. The topological polar surface area (TPSA) is 74.9 Å². The van der Waals surface area contributed by atoms with Crippen LogP contribution < -0.4 is 14.4 Å². The van der Waals surface area contributed by atoms with Gasteiger partial charge in [0, 0.05) is 29.4 Å². The lowest BCUT2D eigenvalue weighted by atomic mass is 9.78. The zero-order valence-corrected chi connectivity index (χ0v) is 22.5.